The van der Waals surface area contributed by atoms with Crippen LogP contribution in [-0.4, -0.2) is 63.2 Å². The van der Waals surface area contributed by atoms with Crippen LogP contribution in [0.3, 0.4) is 0 Å². The van der Waals surface area contributed by atoms with Crippen LogP contribution in [0.25, 0.3) is 5.69 Å². The molecule has 0 saturated heterocycles. The number of aliphatic imine (C=N–C) groups is 1. The molecule has 10 nitrogen and oxygen atoms in total. The third-order valence-corrected chi connectivity index (χ3v) is 6.73. The largest absolute Gasteiger partial charge is 0.492 e. The van der Waals surface area contributed by atoms with Crippen molar-refractivity contribution >= 4 is 23.1 Å². The van der Waals surface area contributed by atoms with E-state index in [2.05, 4.69) is 26.1 Å². The van der Waals surface area contributed by atoms with Crippen LogP contribution < -0.4 is 15.5 Å². The van der Waals surface area contributed by atoms with Gasteiger partial charge in [-0.05, 0) is 54.7 Å². The molecular formula is C27H32F3N7O3. The number of methoxy groups -OCH3 is 1. The van der Waals surface area contributed by atoms with Gasteiger partial charge in [0.25, 0.3) is 5.91 Å². The molecule has 0 spiro atoms. The van der Waals surface area contributed by atoms with E-state index in [-0.39, 0.29) is 23.5 Å². The Bertz CT molecular complexity index is 1440. The lowest BCUT2D eigenvalue weighted by Crippen LogP contribution is -2.37. The van der Waals surface area contributed by atoms with Crippen LogP contribution in [0.2, 0.25) is 0 Å². The van der Waals surface area contributed by atoms with Crippen LogP contribution >= 0.6 is 0 Å². The molecule has 1 amide bonds. The maximum Gasteiger partial charge on any atom is 0.405 e. The number of carbonyl (C=O) groups excluding carboxylic acids is 1. The van der Waals surface area contributed by atoms with Gasteiger partial charge in [0.2, 0.25) is 0 Å². The van der Waals surface area contributed by atoms with Gasteiger partial charge in [0, 0.05) is 5.56 Å². The zero-order valence-corrected chi connectivity index (χ0v) is 23.1. The van der Waals surface area contributed by atoms with Gasteiger partial charge in [-0.15, -0.1) is 5.10 Å². The van der Waals surface area contributed by atoms with E-state index in [1.807, 2.05) is 27.7 Å². The van der Waals surface area contributed by atoms with E-state index in [4.69, 9.17) is 4.74 Å². The summed E-state index contributed by atoms with van der Waals surface area (Å²) >= 11 is 0. The molecule has 0 fully saturated rings. The van der Waals surface area contributed by atoms with E-state index in [0.717, 1.165) is 11.1 Å². The molecule has 1 atom stereocenters. The second-order valence-electron chi connectivity index (χ2n) is 10.7. The molecule has 13 heteroatoms. The standard InChI is InChI=1S/C27H32F3N7O3/c1-15-7-8-17(25(38)32-19-10-18(26(3,4)5)11-20(34-39)24(19)40-6)9-22(15)37-13-21(33-35-37)23-12-31-16(2)36(23)14-27(28,29)30/h7-11,13,23,34,39H,12,14H2,1-6H3,(H,32,38). The van der Waals surface area contributed by atoms with Crippen molar-refractivity contribution in [3.8, 4) is 11.4 Å². The van der Waals surface area contributed by atoms with Crippen molar-refractivity contribution in [1.29, 1.82) is 0 Å². The number of nitrogens with zero attached hydrogens (tertiary/aromatic N) is 5. The third-order valence-electron chi connectivity index (χ3n) is 6.73. The number of anilines is 2. The molecule has 40 heavy (non-hydrogen) atoms. The summed E-state index contributed by atoms with van der Waals surface area (Å²) in [5.41, 5.74) is 5.32. The summed E-state index contributed by atoms with van der Waals surface area (Å²) in [6, 6.07) is 7.85. The molecule has 0 bridgehead atoms. The van der Waals surface area contributed by atoms with Crippen LogP contribution in [0, 0.1) is 6.92 Å². The first-order valence-electron chi connectivity index (χ1n) is 12.5. The Morgan fingerprint density at radius 3 is 2.48 bits per heavy atom. The summed E-state index contributed by atoms with van der Waals surface area (Å²) in [5.74, 6) is 0.109. The van der Waals surface area contributed by atoms with E-state index < -0.39 is 24.7 Å². The molecule has 3 aromatic rings. The number of alkyl halides is 3. The Labute approximate surface area is 229 Å². The molecule has 1 aromatic heterocycles. The minimum atomic E-state index is -4.39. The summed E-state index contributed by atoms with van der Waals surface area (Å²) in [4.78, 5) is 18.7. The smallest absolute Gasteiger partial charge is 0.405 e. The monoisotopic (exact) mass is 559 g/mol. The second-order valence-corrected chi connectivity index (χ2v) is 10.7. The molecule has 0 saturated carbocycles. The van der Waals surface area contributed by atoms with Gasteiger partial charge < -0.3 is 15.0 Å². The predicted octanol–water partition coefficient (Wildman–Crippen LogP) is 5.27. The van der Waals surface area contributed by atoms with Crippen molar-refractivity contribution in [2.75, 3.05) is 31.0 Å². The number of benzene rings is 2. The van der Waals surface area contributed by atoms with Gasteiger partial charge in [0.15, 0.2) is 5.75 Å². The van der Waals surface area contributed by atoms with E-state index in [9.17, 15) is 23.2 Å². The Morgan fingerprint density at radius 2 is 1.85 bits per heavy atom. The first kappa shape index (κ1) is 28.9. The minimum absolute atomic E-state index is 0.141. The lowest BCUT2D eigenvalue weighted by molar-refractivity contribution is -0.140. The van der Waals surface area contributed by atoms with Crippen molar-refractivity contribution in [1.82, 2.24) is 19.9 Å². The van der Waals surface area contributed by atoms with Gasteiger partial charge in [-0.3, -0.25) is 20.5 Å². The van der Waals surface area contributed by atoms with Crippen LogP contribution in [0.5, 0.6) is 5.75 Å². The Hall–Kier alpha value is -4.13. The van der Waals surface area contributed by atoms with Crippen molar-refractivity contribution in [3.63, 3.8) is 0 Å². The number of hydrogen-bond donors (Lipinski definition) is 3. The lowest BCUT2D eigenvalue weighted by atomic mass is 9.86. The highest BCUT2D eigenvalue weighted by Gasteiger charge is 2.38. The van der Waals surface area contributed by atoms with E-state index >= 15 is 0 Å². The van der Waals surface area contributed by atoms with E-state index in [1.165, 1.54) is 23.6 Å². The number of aryl methyl sites for hydroxylation is 1. The SMILES string of the molecule is COc1c(NO)cc(C(C)(C)C)cc1NC(=O)c1ccc(C)c(-n2cc(C3CN=C(C)N3CC(F)(F)F)nn2)c1. The summed E-state index contributed by atoms with van der Waals surface area (Å²) in [5, 5.41) is 20.8. The van der Waals surface area contributed by atoms with Crippen molar-refractivity contribution in [2.45, 2.75) is 52.3 Å². The molecule has 2 aromatic carbocycles. The Morgan fingerprint density at radius 1 is 1.15 bits per heavy atom. The van der Waals surface area contributed by atoms with Crippen LogP contribution in [0.4, 0.5) is 24.5 Å². The van der Waals surface area contributed by atoms with Gasteiger partial charge in [0.05, 0.1) is 43.1 Å². The van der Waals surface area contributed by atoms with Crippen molar-refractivity contribution in [3.05, 3.63) is 58.9 Å². The van der Waals surface area contributed by atoms with Gasteiger partial charge in [-0.25, -0.2) is 4.68 Å². The average Bonchev–Trinajstić information content (AvgIpc) is 3.49. The maximum atomic E-state index is 13.3. The zero-order valence-electron chi connectivity index (χ0n) is 23.1. The molecule has 1 aliphatic heterocycles. The van der Waals surface area contributed by atoms with E-state index in [0.29, 0.717) is 28.3 Å². The van der Waals surface area contributed by atoms with Gasteiger partial charge >= 0.3 is 6.18 Å². The third kappa shape index (κ3) is 6.03. The molecule has 2 heterocycles. The number of amides is 1. The minimum Gasteiger partial charge on any atom is -0.492 e. The highest BCUT2D eigenvalue weighted by Crippen LogP contribution is 2.38. The Balaban J connectivity index is 1.63. The summed E-state index contributed by atoms with van der Waals surface area (Å²) in [7, 11) is 1.43. The summed E-state index contributed by atoms with van der Waals surface area (Å²) in [6.45, 7) is 8.37. The van der Waals surface area contributed by atoms with Gasteiger partial charge in [-0.1, -0.05) is 32.1 Å². The summed E-state index contributed by atoms with van der Waals surface area (Å²) in [6.07, 6.45) is -2.84. The first-order chi connectivity index (χ1) is 18.7. The van der Waals surface area contributed by atoms with Crippen LogP contribution in [-0.2, 0) is 5.41 Å². The predicted molar refractivity (Wildman–Crippen MR) is 145 cm³/mol. The van der Waals surface area contributed by atoms with Crippen molar-refractivity contribution < 1.29 is 27.9 Å². The van der Waals surface area contributed by atoms with Crippen molar-refractivity contribution in [2.24, 2.45) is 4.99 Å². The molecule has 1 unspecified atom stereocenters. The second kappa shape index (κ2) is 10.8. The zero-order chi connectivity index (χ0) is 29.4. The maximum absolute atomic E-state index is 13.3. The fraction of sp³-hybridized carbons (Fsp3) is 0.407. The number of carbonyl (C=O) groups is 1. The number of rotatable bonds is 7. The molecule has 0 radical (unpaired) electrons. The van der Waals surface area contributed by atoms with Gasteiger partial charge in [0.1, 0.15) is 17.9 Å². The average molecular weight is 560 g/mol. The number of halogens is 3. The quantitative estimate of drug-likeness (QED) is 0.338. The highest BCUT2D eigenvalue weighted by atomic mass is 19.4. The number of ether oxygens (including phenoxy) is 1. The highest BCUT2D eigenvalue weighted by molar-refractivity contribution is 6.06. The molecule has 0 aliphatic carbocycles. The number of amidine groups is 1. The molecule has 214 valence electrons. The number of hydrogen-bond acceptors (Lipinski definition) is 8. The normalized spacial score (nSPS) is 15.7. The van der Waals surface area contributed by atoms with Crippen LogP contribution in [0.1, 0.15) is 60.9 Å². The topological polar surface area (TPSA) is 117 Å². The lowest BCUT2D eigenvalue weighted by Gasteiger charge is -2.26. The molecule has 4 rings (SSSR count). The number of aromatic nitrogens is 3. The van der Waals surface area contributed by atoms with Crippen LogP contribution in [0.15, 0.2) is 41.5 Å². The summed E-state index contributed by atoms with van der Waals surface area (Å²) < 4.78 is 46.3. The molecule has 1 aliphatic rings. The van der Waals surface area contributed by atoms with Gasteiger partial charge in [-0.2, -0.15) is 13.2 Å². The fourth-order valence-corrected chi connectivity index (χ4v) is 4.50. The first-order valence-corrected chi connectivity index (χ1v) is 12.5. The fourth-order valence-electron chi connectivity index (χ4n) is 4.50. The number of nitrogens with one attached hydrogen (secondary N) is 2. The molecular weight excluding hydrogens is 527 g/mol. The molecule has 3 N–H and O–H groups in total. The Kier molecular flexibility index (Phi) is 7.79. The van der Waals surface area contributed by atoms with E-state index in [1.54, 1.807) is 36.5 Å².